The summed E-state index contributed by atoms with van der Waals surface area (Å²) in [5, 5.41) is 7.75. The molecule has 0 fully saturated rings. The van der Waals surface area contributed by atoms with Crippen molar-refractivity contribution >= 4 is 28.3 Å². The molecular weight excluding hydrogens is 410 g/mol. The summed E-state index contributed by atoms with van der Waals surface area (Å²) in [7, 11) is 0. The van der Waals surface area contributed by atoms with Gasteiger partial charge in [-0.05, 0) is 59.5 Å². The minimum atomic E-state index is -0.685. The molecule has 0 aliphatic heterocycles. The predicted molar refractivity (Wildman–Crippen MR) is 131 cm³/mol. The highest BCUT2D eigenvalue weighted by atomic mass is 16.2. The normalized spacial score (nSPS) is 11.2. The molecule has 5 heteroatoms. The maximum Gasteiger partial charge on any atom is 0.246 e. The lowest BCUT2D eigenvalue weighted by Crippen LogP contribution is -2.42. The number of hydrogen-bond donors (Lipinski definition) is 2. The third-order valence-electron chi connectivity index (χ3n) is 5.13. The Morgan fingerprint density at radius 3 is 2.55 bits per heavy atom. The molecule has 4 aromatic rings. The van der Waals surface area contributed by atoms with Crippen LogP contribution in [0, 0.1) is 11.8 Å². The zero-order valence-electron chi connectivity index (χ0n) is 18.2. The molecule has 1 heterocycles. The van der Waals surface area contributed by atoms with E-state index >= 15 is 0 Å². The Bertz CT molecular complexity index is 1350. The molecule has 33 heavy (non-hydrogen) atoms. The Hall–Kier alpha value is -4.43. The number of rotatable bonds is 5. The van der Waals surface area contributed by atoms with Gasteiger partial charge < -0.3 is 10.6 Å². The SMILES string of the molecule is CC(NC(=O)Cc1cccc2ccccc12)C(=O)Nc1cccc(C#Cc2ccccn2)c1. The molecule has 3 aromatic carbocycles. The highest BCUT2D eigenvalue weighted by molar-refractivity contribution is 5.98. The summed E-state index contributed by atoms with van der Waals surface area (Å²) in [5.41, 5.74) is 2.97. The summed E-state index contributed by atoms with van der Waals surface area (Å²) in [6, 6.07) is 25.9. The molecule has 1 aromatic heterocycles. The Balaban J connectivity index is 1.37. The van der Waals surface area contributed by atoms with Crippen LogP contribution >= 0.6 is 0 Å². The minimum Gasteiger partial charge on any atom is -0.344 e. The van der Waals surface area contributed by atoms with Crippen molar-refractivity contribution in [3.8, 4) is 11.8 Å². The predicted octanol–water partition coefficient (Wildman–Crippen LogP) is 4.32. The van der Waals surface area contributed by atoms with Crippen molar-refractivity contribution in [3.05, 3.63) is 108 Å². The first-order valence-corrected chi connectivity index (χ1v) is 10.7. The summed E-state index contributed by atoms with van der Waals surface area (Å²) in [5.74, 6) is 5.54. The molecule has 0 radical (unpaired) electrons. The van der Waals surface area contributed by atoms with Crippen LogP contribution in [0.25, 0.3) is 10.8 Å². The summed E-state index contributed by atoms with van der Waals surface area (Å²) in [6.45, 7) is 1.67. The van der Waals surface area contributed by atoms with E-state index in [4.69, 9.17) is 0 Å². The lowest BCUT2D eigenvalue weighted by molar-refractivity contribution is -0.125. The smallest absolute Gasteiger partial charge is 0.246 e. The van der Waals surface area contributed by atoms with Crippen LogP contribution in [-0.2, 0) is 16.0 Å². The molecular formula is C28H23N3O2. The van der Waals surface area contributed by atoms with Crippen molar-refractivity contribution in [2.24, 2.45) is 0 Å². The number of hydrogen-bond acceptors (Lipinski definition) is 3. The number of nitrogens with zero attached hydrogens (tertiary/aromatic N) is 1. The Morgan fingerprint density at radius 1 is 0.909 bits per heavy atom. The molecule has 0 aliphatic carbocycles. The Labute approximate surface area is 192 Å². The first kappa shape index (κ1) is 21.8. The van der Waals surface area contributed by atoms with E-state index < -0.39 is 6.04 Å². The van der Waals surface area contributed by atoms with Gasteiger partial charge in [-0.1, -0.05) is 60.5 Å². The van der Waals surface area contributed by atoms with Gasteiger partial charge in [0.2, 0.25) is 11.8 Å². The number of amides is 2. The van der Waals surface area contributed by atoms with Gasteiger partial charge in [0.1, 0.15) is 11.7 Å². The third-order valence-corrected chi connectivity index (χ3v) is 5.13. The van der Waals surface area contributed by atoms with E-state index in [0.29, 0.717) is 11.4 Å². The van der Waals surface area contributed by atoms with Gasteiger partial charge >= 0.3 is 0 Å². The number of carbonyl (C=O) groups is 2. The third kappa shape index (κ3) is 5.84. The van der Waals surface area contributed by atoms with Crippen LogP contribution in [0.2, 0.25) is 0 Å². The second kappa shape index (κ2) is 10.3. The van der Waals surface area contributed by atoms with Gasteiger partial charge in [0.15, 0.2) is 0 Å². The largest absolute Gasteiger partial charge is 0.344 e. The van der Waals surface area contributed by atoms with Gasteiger partial charge in [-0.3, -0.25) is 9.59 Å². The molecule has 5 nitrogen and oxygen atoms in total. The summed E-state index contributed by atoms with van der Waals surface area (Å²) in [6.07, 6.45) is 1.90. The molecule has 0 bridgehead atoms. The maximum absolute atomic E-state index is 12.6. The molecule has 0 saturated carbocycles. The topological polar surface area (TPSA) is 71.1 Å². The summed E-state index contributed by atoms with van der Waals surface area (Å²) < 4.78 is 0. The molecule has 1 unspecified atom stereocenters. The van der Waals surface area contributed by atoms with Crippen LogP contribution in [0.5, 0.6) is 0 Å². The summed E-state index contributed by atoms with van der Waals surface area (Å²) in [4.78, 5) is 29.4. The number of carbonyl (C=O) groups excluding carboxylic acids is 2. The Morgan fingerprint density at radius 2 is 1.70 bits per heavy atom. The number of anilines is 1. The lowest BCUT2D eigenvalue weighted by Gasteiger charge is -2.15. The van der Waals surface area contributed by atoms with Crippen molar-refractivity contribution in [1.82, 2.24) is 10.3 Å². The van der Waals surface area contributed by atoms with Crippen LogP contribution in [0.1, 0.15) is 23.7 Å². The Kier molecular flexibility index (Phi) is 6.77. The van der Waals surface area contributed by atoms with Crippen molar-refractivity contribution in [3.63, 3.8) is 0 Å². The highest BCUT2D eigenvalue weighted by Gasteiger charge is 2.16. The van der Waals surface area contributed by atoms with Crippen LogP contribution in [-0.4, -0.2) is 22.8 Å². The van der Waals surface area contributed by atoms with Crippen molar-refractivity contribution in [2.75, 3.05) is 5.32 Å². The first-order valence-electron chi connectivity index (χ1n) is 10.7. The summed E-state index contributed by atoms with van der Waals surface area (Å²) >= 11 is 0. The van der Waals surface area contributed by atoms with E-state index in [1.807, 2.05) is 72.8 Å². The molecule has 0 saturated heterocycles. The van der Waals surface area contributed by atoms with Crippen LogP contribution in [0.3, 0.4) is 0 Å². The van der Waals surface area contributed by atoms with E-state index in [1.54, 1.807) is 25.3 Å². The zero-order chi connectivity index (χ0) is 23.0. The molecule has 4 rings (SSSR count). The van der Waals surface area contributed by atoms with Gasteiger partial charge in [0, 0.05) is 17.4 Å². The van der Waals surface area contributed by atoms with Gasteiger partial charge in [-0.2, -0.15) is 0 Å². The van der Waals surface area contributed by atoms with E-state index in [2.05, 4.69) is 27.5 Å². The maximum atomic E-state index is 12.6. The standard InChI is InChI=1S/C28H23N3O2/c1-20(30-27(32)19-23-11-7-10-22-9-2-3-14-26(22)23)28(33)31-25-13-6-8-21(18-25)15-16-24-12-4-5-17-29-24/h2-14,17-18,20H,19H2,1H3,(H,30,32)(H,31,33). The van der Waals surface area contributed by atoms with Crippen molar-refractivity contribution < 1.29 is 9.59 Å². The quantitative estimate of drug-likeness (QED) is 0.461. The van der Waals surface area contributed by atoms with Gasteiger partial charge in [0.25, 0.3) is 0 Å². The second-order valence-electron chi connectivity index (χ2n) is 7.64. The van der Waals surface area contributed by atoms with Crippen LogP contribution in [0.4, 0.5) is 5.69 Å². The van der Waals surface area contributed by atoms with Crippen molar-refractivity contribution in [1.29, 1.82) is 0 Å². The van der Waals surface area contributed by atoms with Crippen molar-refractivity contribution in [2.45, 2.75) is 19.4 Å². The first-order chi connectivity index (χ1) is 16.1. The molecule has 162 valence electrons. The van der Waals surface area contributed by atoms with E-state index in [9.17, 15) is 9.59 Å². The lowest BCUT2D eigenvalue weighted by atomic mass is 10.0. The number of aromatic nitrogens is 1. The number of fused-ring (bicyclic) bond motifs is 1. The van der Waals surface area contributed by atoms with Gasteiger partial charge in [0.05, 0.1) is 6.42 Å². The average Bonchev–Trinajstić information content (AvgIpc) is 2.84. The fourth-order valence-electron chi connectivity index (χ4n) is 3.48. The molecule has 1 atom stereocenters. The van der Waals surface area contributed by atoms with Gasteiger partial charge in [-0.15, -0.1) is 0 Å². The van der Waals surface area contributed by atoms with E-state index in [0.717, 1.165) is 21.9 Å². The molecule has 2 amide bonds. The van der Waals surface area contributed by atoms with Gasteiger partial charge in [-0.25, -0.2) is 4.98 Å². The zero-order valence-corrected chi connectivity index (χ0v) is 18.2. The molecule has 0 spiro atoms. The second-order valence-corrected chi connectivity index (χ2v) is 7.64. The minimum absolute atomic E-state index is 0.205. The molecule has 0 aliphatic rings. The monoisotopic (exact) mass is 433 g/mol. The fourth-order valence-corrected chi connectivity index (χ4v) is 3.48. The molecule has 2 N–H and O–H groups in total. The average molecular weight is 434 g/mol. The number of nitrogens with one attached hydrogen (secondary N) is 2. The van der Waals surface area contributed by atoms with E-state index in [1.165, 1.54) is 0 Å². The van der Waals surface area contributed by atoms with Crippen LogP contribution in [0.15, 0.2) is 91.1 Å². The highest BCUT2D eigenvalue weighted by Crippen LogP contribution is 2.19. The van der Waals surface area contributed by atoms with E-state index in [-0.39, 0.29) is 18.2 Å². The van der Waals surface area contributed by atoms with Crippen LogP contribution < -0.4 is 10.6 Å². The fraction of sp³-hybridized carbons (Fsp3) is 0.107. The number of benzene rings is 3. The number of pyridine rings is 1.